The van der Waals surface area contributed by atoms with Crippen LogP contribution in [0, 0.1) is 27.7 Å². The van der Waals surface area contributed by atoms with Crippen molar-refractivity contribution in [1.29, 1.82) is 0 Å². The number of aryl methyl sites for hydroxylation is 4. The first-order valence-corrected chi connectivity index (χ1v) is 17.2. The number of amides is 1. The molecule has 2 heterocycles. The molecular formula is C33H45N3O5S2. The molecule has 1 amide bonds. The molecule has 4 rings (SSSR count). The number of sulfonamides is 1. The lowest BCUT2D eigenvalue weighted by Gasteiger charge is -2.29. The molecule has 0 aliphatic carbocycles. The molecule has 1 aromatic heterocycles. The summed E-state index contributed by atoms with van der Waals surface area (Å²) < 4.78 is 40.7. The number of hydrogen-bond donors (Lipinski definition) is 0. The van der Waals surface area contributed by atoms with Crippen LogP contribution in [0.3, 0.4) is 0 Å². The van der Waals surface area contributed by atoms with Gasteiger partial charge in [-0.15, -0.1) is 11.3 Å². The van der Waals surface area contributed by atoms with Gasteiger partial charge in [-0.3, -0.25) is 4.79 Å². The molecule has 0 atom stereocenters. The third kappa shape index (κ3) is 8.17. The van der Waals surface area contributed by atoms with E-state index in [1.54, 1.807) is 30.5 Å². The second-order valence-corrected chi connectivity index (χ2v) is 14.3. The SMILES string of the molecule is COc1ccc(CCN(Cc2sccc2C)C(=O)CN(CCN2CCCC2)S(=O)(=O)c2c(C)cc(C)cc2C)cc1OC. The predicted octanol–water partition coefficient (Wildman–Crippen LogP) is 5.36. The Morgan fingerprint density at radius 2 is 1.58 bits per heavy atom. The second-order valence-electron chi connectivity index (χ2n) is 11.4. The van der Waals surface area contributed by atoms with Gasteiger partial charge in [-0.05, 0) is 106 Å². The molecule has 1 aliphatic heterocycles. The van der Waals surface area contributed by atoms with Crippen LogP contribution in [0.4, 0.5) is 0 Å². The van der Waals surface area contributed by atoms with Gasteiger partial charge >= 0.3 is 0 Å². The van der Waals surface area contributed by atoms with Crippen molar-refractivity contribution >= 4 is 27.3 Å². The van der Waals surface area contributed by atoms with Crippen molar-refractivity contribution in [3.05, 3.63) is 74.5 Å². The van der Waals surface area contributed by atoms with Crippen LogP contribution in [0.25, 0.3) is 0 Å². The first kappa shape index (κ1) is 33.0. The standard InChI is InChI=1S/C33H45N3O5S2/c1-24-19-26(3)33(27(4)20-24)43(38,39)36(17-16-34-13-7-8-14-34)23-32(37)35(22-31-25(2)12-18-42-31)15-11-28-9-10-29(40-5)30(21-28)41-6/h9-10,12,18-21H,7-8,11,13-17,22-23H2,1-6H3. The van der Waals surface area contributed by atoms with Crippen LogP contribution in [0.15, 0.2) is 46.7 Å². The molecule has 0 unspecified atom stereocenters. The number of methoxy groups -OCH3 is 2. The lowest BCUT2D eigenvalue weighted by Crippen LogP contribution is -2.46. The van der Waals surface area contributed by atoms with Gasteiger partial charge in [0, 0.05) is 24.5 Å². The van der Waals surface area contributed by atoms with E-state index in [2.05, 4.69) is 4.90 Å². The van der Waals surface area contributed by atoms with Gasteiger partial charge in [0.2, 0.25) is 15.9 Å². The molecule has 2 aromatic carbocycles. The summed E-state index contributed by atoms with van der Waals surface area (Å²) in [6.07, 6.45) is 2.82. The highest BCUT2D eigenvalue weighted by Crippen LogP contribution is 2.29. The Morgan fingerprint density at radius 3 is 2.19 bits per heavy atom. The summed E-state index contributed by atoms with van der Waals surface area (Å²) in [5.41, 5.74) is 4.55. The molecule has 0 bridgehead atoms. The molecule has 1 fully saturated rings. The molecule has 0 saturated carbocycles. The minimum Gasteiger partial charge on any atom is -0.493 e. The quantitative estimate of drug-likeness (QED) is 0.240. The van der Waals surface area contributed by atoms with Gasteiger partial charge in [-0.1, -0.05) is 23.8 Å². The number of likely N-dealkylation sites (tertiary alicyclic amines) is 1. The highest BCUT2D eigenvalue weighted by atomic mass is 32.2. The Labute approximate surface area is 261 Å². The Balaban J connectivity index is 1.62. The second kappa shape index (κ2) is 14.7. The van der Waals surface area contributed by atoms with E-state index in [1.165, 1.54) is 4.31 Å². The average Bonchev–Trinajstić information content (AvgIpc) is 3.63. The molecule has 0 spiro atoms. The summed E-state index contributed by atoms with van der Waals surface area (Å²) in [6.45, 7) is 11.1. The Hall–Kier alpha value is -2.92. The van der Waals surface area contributed by atoms with Crippen molar-refractivity contribution in [3.8, 4) is 11.5 Å². The molecule has 10 heteroatoms. The van der Waals surface area contributed by atoms with Gasteiger partial charge in [0.15, 0.2) is 11.5 Å². The Kier molecular flexibility index (Phi) is 11.3. The fourth-order valence-electron chi connectivity index (χ4n) is 5.83. The lowest BCUT2D eigenvalue weighted by atomic mass is 10.1. The van der Waals surface area contributed by atoms with Gasteiger partial charge < -0.3 is 19.3 Å². The van der Waals surface area contributed by atoms with Crippen LogP contribution in [0.2, 0.25) is 0 Å². The summed E-state index contributed by atoms with van der Waals surface area (Å²) >= 11 is 1.61. The van der Waals surface area contributed by atoms with Crippen molar-refractivity contribution in [2.75, 3.05) is 53.5 Å². The first-order chi connectivity index (χ1) is 20.5. The van der Waals surface area contributed by atoms with Crippen molar-refractivity contribution in [2.45, 2.75) is 58.4 Å². The predicted molar refractivity (Wildman–Crippen MR) is 173 cm³/mol. The molecule has 234 valence electrons. The molecule has 8 nitrogen and oxygen atoms in total. The fraction of sp³-hybridized carbons (Fsp3) is 0.485. The minimum absolute atomic E-state index is 0.208. The monoisotopic (exact) mass is 627 g/mol. The van der Waals surface area contributed by atoms with Crippen molar-refractivity contribution in [3.63, 3.8) is 0 Å². The third-order valence-corrected chi connectivity index (χ3v) is 11.3. The van der Waals surface area contributed by atoms with Crippen LogP contribution in [-0.4, -0.2) is 81.9 Å². The minimum atomic E-state index is -3.92. The lowest BCUT2D eigenvalue weighted by molar-refractivity contribution is -0.132. The van der Waals surface area contributed by atoms with Gasteiger partial charge in [0.25, 0.3) is 0 Å². The van der Waals surface area contributed by atoms with Crippen molar-refractivity contribution in [2.24, 2.45) is 0 Å². The zero-order valence-corrected chi connectivity index (χ0v) is 27.9. The van der Waals surface area contributed by atoms with Gasteiger partial charge in [0.05, 0.1) is 32.2 Å². The van der Waals surface area contributed by atoms with E-state index in [1.807, 2.05) is 69.5 Å². The summed E-state index contributed by atoms with van der Waals surface area (Å²) in [5, 5.41) is 2.03. The molecule has 1 aliphatic rings. The third-order valence-electron chi connectivity index (χ3n) is 8.15. The number of rotatable bonds is 14. The molecule has 0 N–H and O–H groups in total. The average molecular weight is 628 g/mol. The smallest absolute Gasteiger partial charge is 0.244 e. The number of thiophene rings is 1. The molecule has 0 radical (unpaired) electrons. The maximum atomic E-state index is 14.2. The normalized spacial score (nSPS) is 13.9. The van der Waals surface area contributed by atoms with Crippen LogP contribution < -0.4 is 9.47 Å². The molecular weight excluding hydrogens is 583 g/mol. The van der Waals surface area contributed by atoms with E-state index >= 15 is 0 Å². The largest absolute Gasteiger partial charge is 0.493 e. The highest BCUT2D eigenvalue weighted by molar-refractivity contribution is 7.89. The van der Waals surface area contributed by atoms with Gasteiger partial charge in [0.1, 0.15) is 0 Å². The van der Waals surface area contributed by atoms with E-state index in [4.69, 9.17) is 9.47 Å². The topological polar surface area (TPSA) is 79.4 Å². The Morgan fingerprint density at radius 1 is 0.907 bits per heavy atom. The van der Waals surface area contributed by atoms with Crippen LogP contribution in [0.5, 0.6) is 11.5 Å². The number of carbonyl (C=O) groups excluding carboxylic acids is 1. The van der Waals surface area contributed by atoms with Crippen molar-refractivity contribution < 1.29 is 22.7 Å². The first-order valence-electron chi connectivity index (χ1n) is 14.9. The van der Waals surface area contributed by atoms with Crippen LogP contribution in [-0.2, 0) is 27.8 Å². The molecule has 3 aromatic rings. The highest BCUT2D eigenvalue weighted by Gasteiger charge is 2.32. The van der Waals surface area contributed by atoms with Gasteiger partial charge in [-0.2, -0.15) is 4.31 Å². The van der Waals surface area contributed by atoms with Crippen LogP contribution in [0.1, 0.15) is 45.5 Å². The van der Waals surface area contributed by atoms with E-state index in [9.17, 15) is 13.2 Å². The van der Waals surface area contributed by atoms with E-state index in [-0.39, 0.29) is 19.0 Å². The summed E-state index contributed by atoms with van der Waals surface area (Å²) in [6, 6.07) is 11.6. The van der Waals surface area contributed by atoms with Gasteiger partial charge in [-0.25, -0.2) is 8.42 Å². The number of carbonyl (C=O) groups is 1. The van der Waals surface area contributed by atoms with E-state index < -0.39 is 10.0 Å². The van der Waals surface area contributed by atoms with Crippen molar-refractivity contribution in [1.82, 2.24) is 14.1 Å². The fourth-order valence-corrected chi connectivity index (χ4v) is 8.54. The Bertz CT molecular complexity index is 1490. The zero-order valence-electron chi connectivity index (χ0n) is 26.3. The van der Waals surface area contributed by atoms with E-state index in [0.29, 0.717) is 53.6 Å². The number of nitrogens with zero attached hydrogens (tertiary/aromatic N) is 3. The number of benzene rings is 2. The summed E-state index contributed by atoms with van der Waals surface area (Å²) in [4.78, 5) is 19.6. The maximum absolute atomic E-state index is 14.2. The van der Waals surface area contributed by atoms with Crippen LogP contribution >= 0.6 is 11.3 Å². The summed E-state index contributed by atoms with van der Waals surface area (Å²) in [5.74, 6) is 1.07. The number of hydrogen-bond acceptors (Lipinski definition) is 7. The number of ether oxygens (including phenoxy) is 2. The summed E-state index contributed by atoms with van der Waals surface area (Å²) in [7, 11) is -0.718. The maximum Gasteiger partial charge on any atom is 0.244 e. The molecule has 1 saturated heterocycles. The van der Waals surface area contributed by atoms with E-state index in [0.717, 1.165) is 47.5 Å². The zero-order chi connectivity index (χ0) is 31.1. The molecule has 43 heavy (non-hydrogen) atoms.